The lowest BCUT2D eigenvalue weighted by atomic mass is 10.1. The monoisotopic (exact) mass is 320 g/mol. The van der Waals surface area contributed by atoms with Gasteiger partial charge in [0.05, 0.1) is 16.9 Å². The second kappa shape index (κ2) is 6.45. The van der Waals surface area contributed by atoms with Crippen LogP contribution in [0.2, 0.25) is 0 Å². The Morgan fingerprint density at radius 1 is 1.17 bits per heavy atom. The molecule has 0 radical (unpaired) electrons. The quantitative estimate of drug-likeness (QED) is 0.744. The third kappa shape index (κ3) is 2.90. The normalized spacial score (nSPS) is 18.4. The highest BCUT2D eigenvalue weighted by atomic mass is 16.5. The highest BCUT2D eigenvalue weighted by Crippen LogP contribution is 2.30. The summed E-state index contributed by atoms with van der Waals surface area (Å²) in [5.74, 6) is 0. The number of hydrogen-bond acceptors (Lipinski definition) is 4. The van der Waals surface area contributed by atoms with Crippen LogP contribution >= 0.6 is 0 Å². The van der Waals surface area contributed by atoms with E-state index in [0.29, 0.717) is 0 Å². The summed E-state index contributed by atoms with van der Waals surface area (Å²) >= 11 is 0. The van der Waals surface area contributed by atoms with Gasteiger partial charge in [0.2, 0.25) is 0 Å². The standard InChI is InChI=1S/C19H20N4O/c20-14-7-9-16-17(10-8-15-5-1-3-11-21-15)22-23(18(16)13-14)19-6-2-4-12-24-19/h1,3,5,7-11,13,19H,2,4,6,12,20H2. The van der Waals surface area contributed by atoms with Crippen LogP contribution in [0.1, 0.15) is 36.9 Å². The molecule has 1 aliphatic rings. The second-order valence-corrected chi connectivity index (χ2v) is 6.02. The Hall–Kier alpha value is -2.66. The average molecular weight is 320 g/mol. The average Bonchev–Trinajstić information content (AvgIpc) is 2.99. The molecule has 0 saturated carbocycles. The summed E-state index contributed by atoms with van der Waals surface area (Å²) in [6.45, 7) is 0.785. The number of nitrogen functional groups attached to an aromatic ring is 1. The molecule has 5 heteroatoms. The Morgan fingerprint density at radius 2 is 2.12 bits per heavy atom. The van der Waals surface area contributed by atoms with Crippen LogP contribution in [0.25, 0.3) is 23.1 Å². The molecule has 1 fully saturated rings. The number of aromatic nitrogens is 3. The molecule has 0 amide bonds. The molecule has 1 aromatic carbocycles. The highest BCUT2D eigenvalue weighted by Gasteiger charge is 2.20. The first-order chi connectivity index (χ1) is 11.8. The summed E-state index contributed by atoms with van der Waals surface area (Å²) in [6.07, 6.45) is 9.00. The van der Waals surface area contributed by atoms with Crippen molar-refractivity contribution in [2.45, 2.75) is 25.5 Å². The van der Waals surface area contributed by atoms with Gasteiger partial charge in [-0.15, -0.1) is 0 Å². The topological polar surface area (TPSA) is 66.0 Å². The molecule has 3 aromatic rings. The van der Waals surface area contributed by atoms with E-state index in [1.807, 2.05) is 53.2 Å². The summed E-state index contributed by atoms with van der Waals surface area (Å²) in [4.78, 5) is 4.32. The SMILES string of the molecule is Nc1ccc2c(C=Cc3ccccn3)nn(C3CCCCO3)c2c1. The van der Waals surface area contributed by atoms with Crippen molar-refractivity contribution in [3.8, 4) is 0 Å². The Labute approximate surface area is 140 Å². The summed E-state index contributed by atoms with van der Waals surface area (Å²) in [5.41, 5.74) is 9.55. The maximum atomic E-state index is 5.99. The number of anilines is 1. The first-order valence-corrected chi connectivity index (χ1v) is 8.30. The van der Waals surface area contributed by atoms with E-state index in [9.17, 15) is 0 Å². The molecule has 1 atom stereocenters. The molecular weight excluding hydrogens is 300 g/mol. The van der Waals surface area contributed by atoms with Gasteiger partial charge in [-0.1, -0.05) is 6.07 Å². The first-order valence-electron chi connectivity index (χ1n) is 8.30. The number of benzene rings is 1. The minimum atomic E-state index is -0.0138. The minimum Gasteiger partial charge on any atom is -0.399 e. The molecule has 2 N–H and O–H groups in total. The molecule has 4 rings (SSSR count). The summed E-state index contributed by atoms with van der Waals surface area (Å²) in [7, 11) is 0. The zero-order valence-electron chi connectivity index (χ0n) is 13.4. The zero-order chi connectivity index (χ0) is 16.4. The van der Waals surface area contributed by atoms with Crippen molar-refractivity contribution in [2.75, 3.05) is 12.3 Å². The van der Waals surface area contributed by atoms with Crippen molar-refractivity contribution in [3.63, 3.8) is 0 Å². The number of fused-ring (bicyclic) bond motifs is 1. The molecule has 5 nitrogen and oxygen atoms in total. The van der Waals surface area contributed by atoms with E-state index in [2.05, 4.69) is 4.98 Å². The van der Waals surface area contributed by atoms with Crippen LogP contribution < -0.4 is 5.73 Å². The molecule has 1 aliphatic heterocycles. The van der Waals surface area contributed by atoms with Gasteiger partial charge in [-0.05, 0) is 61.7 Å². The van der Waals surface area contributed by atoms with Gasteiger partial charge < -0.3 is 10.5 Å². The number of nitrogens with zero attached hydrogens (tertiary/aromatic N) is 3. The van der Waals surface area contributed by atoms with E-state index in [1.54, 1.807) is 6.20 Å². The lowest BCUT2D eigenvalue weighted by Gasteiger charge is -2.23. The molecule has 0 bridgehead atoms. The van der Waals surface area contributed by atoms with Crippen molar-refractivity contribution in [1.29, 1.82) is 0 Å². The largest absolute Gasteiger partial charge is 0.399 e. The van der Waals surface area contributed by atoms with Crippen molar-refractivity contribution >= 4 is 28.7 Å². The summed E-state index contributed by atoms with van der Waals surface area (Å²) in [5, 5.41) is 5.87. The van der Waals surface area contributed by atoms with Gasteiger partial charge >= 0.3 is 0 Å². The van der Waals surface area contributed by atoms with E-state index in [1.165, 1.54) is 0 Å². The van der Waals surface area contributed by atoms with Gasteiger partial charge in [0.1, 0.15) is 0 Å². The second-order valence-electron chi connectivity index (χ2n) is 6.02. The molecule has 2 aromatic heterocycles. The Kier molecular flexibility index (Phi) is 4.01. The van der Waals surface area contributed by atoms with E-state index < -0.39 is 0 Å². The van der Waals surface area contributed by atoms with E-state index >= 15 is 0 Å². The van der Waals surface area contributed by atoms with E-state index in [-0.39, 0.29) is 6.23 Å². The highest BCUT2D eigenvalue weighted by molar-refractivity contribution is 5.91. The van der Waals surface area contributed by atoms with Crippen LogP contribution in [0.4, 0.5) is 5.69 Å². The van der Waals surface area contributed by atoms with E-state index in [0.717, 1.165) is 53.8 Å². The number of nitrogens with two attached hydrogens (primary N) is 1. The number of ether oxygens (including phenoxy) is 1. The summed E-state index contributed by atoms with van der Waals surface area (Å²) < 4.78 is 7.89. The third-order valence-corrected chi connectivity index (χ3v) is 4.29. The first kappa shape index (κ1) is 14.9. The van der Waals surface area contributed by atoms with Crippen LogP contribution in [-0.4, -0.2) is 21.4 Å². The van der Waals surface area contributed by atoms with Crippen molar-refractivity contribution in [2.24, 2.45) is 0 Å². The fourth-order valence-electron chi connectivity index (χ4n) is 3.08. The van der Waals surface area contributed by atoms with E-state index in [4.69, 9.17) is 15.6 Å². The lowest BCUT2D eigenvalue weighted by molar-refractivity contribution is -0.0367. The van der Waals surface area contributed by atoms with Crippen LogP contribution in [0.3, 0.4) is 0 Å². The van der Waals surface area contributed by atoms with Crippen LogP contribution in [0.5, 0.6) is 0 Å². The van der Waals surface area contributed by atoms with Gasteiger partial charge in [-0.25, -0.2) is 4.68 Å². The maximum absolute atomic E-state index is 5.99. The predicted molar refractivity (Wildman–Crippen MR) is 96.2 cm³/mol. The van der Waals surface area contributed by atoms with Gasteiger partial charge in [0.15, 0.2) is 6.23 Å². The Balaban J connectivity index is 1.76. The summed E-state index contributed by atoms with van der Waals surface area (Å²) in [6, 6.07) is 11.8. The van der Waals surface area contributed by atoms with Gasteiger partial charge in [-0.2, -0.15) is 5.10 Å². The fraction of sp³-hybridized carbons (Fsp3) is 0.263. The molecule has 122 valence electrons. The van der Waals surface area contributed by atoms with Crippen molar-refractivity contribution in [3.05, 3.63) is 54.0 Å². The molecule has 1 saturated heterocycles. The van der Waals surface area contributed by atoms with Gasteiger partial charge in [0.25, 0.3) is 0 Å². The molecule has 0 aliphatic carbocycles. The molecule has 3 heterocycles. The number of hydrogen-bond donors (Lipinski definition) is 1. The van der Waals surface area contributed by atoms with Crippen LogP contribution in [0.15, 0.2) is 42.6 Å². The predicted octanol–water partition coefficient (Wildman–Crippen LogP) is 3.88. The van der Waals surface area contributed by atoms with Gasteiger partial charge in [0, 0.05) is 23.9 Å². The lowest BCUT2D eigenvalue weighted by Crippen LogP contribution is -2.19. The molecule has 0 spiro atoms. The zero-order valence-corrected chi connectivity index (χ0v) is 13.4. The maximum Gasteiger partial charge on any atom is 0.150 e. The van der Waals surface area contributed by atoms with Crippen molar-refractivity contribution < 1.29 is 4.74 Å². The van der Waals surface area contributed by atoms with Crippen LogP contribution in [-0.2, 0) is 4.74 Å². The van der Waals surface area contributed by atoms with Crippen molar-refractivity contribution in [1.82, 2.24) is 14.8 Å². The number of rotatable bonds is 3. The Bertz CT molecular complexity index is 864. The van der Waals surface area contributed by atoms with Crippen LogP contribution in [0, 0.1) is 0 Å². The fourth-order valence-corrected chi connectivity index (χ4v) is 3.08. The third-order valence-electron chi connectivity index (χ3n) is 4.29. The smallest absolute Gasteiger partial charge is 0.150 e. The number of pyridine rings is 1. The minimum absolute atomic E-state index is 0.0138. The van der Waals surface area contributed by atoms with Gasteiger partial charge in [-0.3, -0.25) is 4.98 Å². The molecule has 24 heavy (non-hydrogen) atoms. The Morgan fingerprint density at radius 3 is 2.92 bits per heavy atom. The molecular formula is C19H20N4O. The molecule has 1 unspecified atom stereocenters.